The summed E-state index contributed by atoms with van der Waals surface area (Å²) in [5.74, 6) is 0. The Morgan fingerprint density at radius 1 is 1.04 bits per heavy atom. The van der Waals surface area contributed by atoms with Crippen molar-refractivity contribution in [3.63, 3.8) is 0 Å². The first-order valence-electron chi connectivity index (χ1n) is 5.98. The number of alkyl halides is 2. The van der Waals surface area contributed by atoms with Crippen LogP contribution in [0, 0.1) is 6.92 Å². The highest BCUT2D eigenvalue weighted by molar-refractivity contribution is 9.10. The summed E-state index contributed by atoms with van der Waals surface area (Å²) < 4.78 is 21.7. The largest absolute Gasteiger partial charge is 0.266 e. The number of hydrogen-bond donors (Lipinski definition) is 1. The normalized spacial score (nSPS) is 11.6. The lowest BCUT2D eigenvalue weighted by atomic mass is 10.2. The lowest BCUT2D eigenvalue weighted by Gasteiger charge is -2.14. The first-order valence-corrected chi connectivity index (χ1v) is 10.2. The molecule has 126 valence electrons. The van der Waals surface area contributed by atoms with Crippen molar-refractivity contribution < 1.29 is 8.42 Å². The Hall–Kier alpha value is 0.380. The molecule has 0 atom stereocenters. The van der Waals surface area contributed by atoms with Crippen molar-refractivity contribution in [3.05, 3.63) is 62.5 Å². The Bertz CT molecular complexity index is 752. The molecular weight excluding hydrogens is 486 g/mol. The number of thiol groups is 1. The Morgan fingerprint density at radius 2 is 1.48 bits per heavy atom. The van der Waals surface area contributed by atoms with E-state index in [2.05, 4.69) is 47.6 Å². The molecule has 23 heavy (non-hydrogen) atoms. The van der Waals surface area contributed by atoms with Gasteiger partial charge in [-0.3, -0.25) is 0 Å². The maximum absolute atomic E-state index is 11.8. The highest BCUT2D eigenvalue weighted by Gasteiger charge is 2.38. The molecule has 0 aromatic heterocycles. The summed E-state index contributed by atoms with van der Waals surface area (Å²) in [6.45, 7) is 2.08. The minimum atomic E-state index is -4.03. The summed E-state index contributed by atoms with van der Waals surface area (Å²) in [5.41, 5.74) is 1.32. The molecule has 0 aliphatic rings. The Labute approximate surface area is 169 Å². The Kier molecular flexibility index (Phi) is 8.06. The second-order valence-electron chi connectivity index (χ2n) is 4.35. The summed E-state index contributed by atoms with van der Waals surface area (Å²) in [4.78, 5) is -0.203. The predicted octanol–water partition coefficient (Wildman–Crippen LogP) is 6.54. The molecule has 0 spiro atoms. The summed E-state index contributed by atoms with van der Waals surface area (Å²) >= 11 is 29.1. The van der Waals surface area contributed by atoms with Crippen molar-refractivity contribution in [2.75, 3.05) is 0 Å². The summed E-state index contributed by atoms with van der Waals surface area (Å²) in [7, 11) is -4.03. The highest BCUT2D eigenvalue weighted by Crippen LogP contribution is 2.40. The third-order valence-electron chi connectivity index (χ3n) is 2.53. The van der Waals surface area contributed by atoms with Crippen molar-refractivity contribution in [2.45, 2.75) is 14.8 Å². The van der Waals surface area contributed by atoms with Gasteiger partial charge in [0.15, 0.2) is 0 Å². The van der Waals surface area contributed by atoms with Crippen LogP contribution < -0.4 is 0 Å². The molecular formula is C14H11BrCl4O2S2. The number of sulfone groups is 1. The average molecular weight is 497 g/mol. The van der Waals surface area contributed by atoms with Crippen molar-refractivity contribution in [2.24, 2.45) is 0 Å². The fourth-order valence-electron chi connectivity index (χ4n) is 1.36. The molecule has 0 heterocycles. The van der Waals surface area contributed by atoms with E-state index in [0.29, 0.717) is 4.47 Å². The van der Waals surface area contributed by atoms with Crippen LogP contribution in [0.3, 0.4) is 0 Å². The minimum Gasteiger partial charge on any atom is -0.220 e. The van der Waals surface area contributed by atoms with Gasteiger partial charge in [0.2, 0.25) is 9.84 Å². The molecule has 2 aromatic carbocycles. The van der Waals surface area contributed by atoms with Crippen LogP contribution in [0.2, 0.25) is 10.0 Å². The second-order valence-corrected chi connectivity index (χ2v) is 11.3. The van der Waals surface area contributed by atoms with Gasteiger partial charge in [-0.05, 0) is 35.0 Å². The van der Waals surface area contributed by atoms with Gasteiger partial charge in [-0.2, -0.15) is 0 Å². The number of hydrogen-bond acceptors (Lipinski definition) is 3. The van der Waals surface area contributed by atoms with E-state index in [9.17, 15) is 8.42 Å². The quantitative estimate of drug-likeness (QED) is 0.291. The van der Waals surface area contributed by atoms with Crippen LogP contribution >= 0.6 is 75.0 Å². The van der Waals surface area contributed by atoms with Gasteiger partial charge in [0, 0.05) is 0 Å². The van der Waals surface area contributed by atoms with Crippen LogP contribution in [-0.2, 0) is 9.84 Å². The zero-order valence-electron chi connectivity index (χ0n) is 11.6. The molecule has 0 amide bonds. The molecule has 0 aliphatic carbocycles. The van der Waals surface area contributed by atoms with Crippen molar-refractivity contribution >= 4 is 84.8 Å². The van der Waals surface area contributed by atoms with Gasteiger partial charge in [0.1, 0.15) is 0 Å². The number of aryl methyl sites for hydroxylation is 1. The van der Waals surface area contributed by atoms with Gasteiger partial charge in [-0.1, -0.05) is 82.3 Å². The van der Waals surface area contributed by atoms with E-state index in [4.69, 9.17) is 46.4 Å². The van der Waals surface area contributed by atoms with Gasteiger partial charge >= 0.3 is 0 Å². The van der Waals surface area contributed by atoms with E-state index in [1.54, 1.807) is 0 Å². The van der Waals surface area contributed by atoms with Crippen molar-refractivity contribution in [1.29, 1.82) is 0 Å². The maximum Gasteiger partial charge on any atom is 0.266 e. The number of rotatable bonds is 2. The van der Waals surface area contributed by atoms with E-state index in [1.165, 1.54) is 17.7 Å². The molecule has 9 heteroatoms. The number of benzene rings is 2. The Morgan fingerprint density at radius 3 is 1.78 bits per heavy atom. The van der Waals surface area contributed by atoms with Crippen LogP contribution in [0.15, 0.2) is 51.8 Å². The first kappa shape index (κ1) is 21.4. The monoisotopic (exact) mass is 494 g/mol. The van der Waals surface area contributed by atoms with Gasteiger partial charge in [-0.25, -0.2) is 8.42 Å². The van der Waals surface area contributed by atoms with Crippen LogP contribution in [0.1, 0.15) is 5.56 Å². The maximum atomic E-state index is 11.8. The molecule has 2 aromatic rings. The fraction of sp³-hybridized carbons (Fsp3) is 0.143. The molecule has 0 aliphatic heterocycles. The standard InChI is InChI=1S/C7H3BrCl4O2S2.C7H8/c8-6-4(9)1-3(2-5(6)10)16(13,14)7(11,12)15;1-7-5-3-2-4-6-7/h1-2,15H;2-6H,1H3. The summed E-state index contributed by atoms with van der Waals surface area (Å²) in [5, 5.41) is 0.272. The fourth-order valence-corrected chi connectivity index (χ4v) is 3.89. The van der Waals surface area contributed by atoms with E-state index < -0.39 is 12.8 Å². The smallest absolute Gasteiger partial charge is 0.220 e. The minimum absolute atomic E-state index is 0.136. The van der Waals surface area contributed by atoms with Crippen LogP contribution in [0.25, 0.3) is 0 Å². The van der Waals surface area contributed by atoms with E-state index in [-0.39, 0.29) is 14.9 Å². The van der Waals surface area contributed by atoms with Crippen molar-refractivity contribution in [3.8, 4) is 0 Å². The summed E-state index contributed by atoms with van der Waals surface area (Å²) in [6, 6.07) is 12.6. The van der Waals surface area contributed by atoms with E-state index in [0.717, 1.165) is 0 Å². The van der Waals surface area contributed by atoms with Gasteiger partial charge in [0.05, 0.1) is 19.4 Å². The zero-order chi connectivity index (χ0) is 17.8. The molecule has 0 saturated heterocycles. The van der Waals surface area contributed by atoms with Crippen LogP contribution in [-0.4, -0.2) is 11.4 Å². The lowest BCUT2D eigenvalue weighted by Crippen LogP contribution is -2.19. The zero-order valence-corrected chi connectivity index (χ0v) is 17.9. The average Bonchev–Trinajstić information content (AvgIpc) is 2.44. The second kappa shape index (κ2) is 8.65. The summed E-state index contributed by atoms with van der Waals surface area (Å²) in [6.07, 6.45) is 0. The van der Waals surface area contributed by atoms with Crippen LogP contribution in [0.4, 0.5) is 0 Å². The molecule has 0 N–H and O–H groups in total. The third kappa shape index (κ3) is 5.99. The van der Waals surface area contributed by atoms with E-state index in [1.807, 2.05) is 18.2 Å². The first-order chi connectivity index (χ1) is 10.5. The highest BCUT2D eigenvalue weighted by atomic mass is 79.9. The van der Waals surface area contributed by atoms with Gasteiger partial charge in [-0.15, -0.1) is 12.6 Å². The molecule has 2 nitrogen and oxygen atoms in total. The topological polar surface area (TPSA) is 34.1 Å². The molecule has 0 radical (unpaired) electrons. The third-order valence-corrected chi connectivity index (χ3v) is 7.88. The van der Waals surface area contributed by atoms with Gasteiger partial charge in [0.25, 0.3) is 3.00 Å². The molecule has 0 saturated carbocycles. The van der Waals surface area contributed by atoms with Gasteiger partial charge < -0.3 is 0 Å². The Balaban J connectivity index is 0.000000313. The van der Waals surface area contributed by atoms with Crippen molar-refractivity contribution in [1.82, 2.24) is 0 Å². The number of halogens is 5. The molecule has 2 rings (SSSR count). The molecule has 0 fully saturated rings. The van der Waals surface area contributed by atoms with E-state index >= 15 is 0 Å². The lowest BCUT2D eigenvalue weighted by molar-refractivity contribution is 0.597. The molecule has 0 unspecified atom stereocenters. The SMILES string of the molecule is Cc1ccccc1.O=S(=O)(c1cc(Cl)c(Br)c(Cl)c1)C(S)(Cl)Cl. The molecule has 0 bridgehead atoms. The van der Waals surface area contributed by atoms with Crippen LogP contribution in [0.5, 0.6) is 0 Å². The predicted molar refractivity (Wildman–Crippen MR) is 106 cm³/mol.